The van der Waals surface area contributed by atoms with Crippen LogP contribution in [0.5, 0.6) is 0 Å². The molecule has 0 amide bonds. The number of hydrogen-bond donors (Lipinski definition) is 0. The summed E-state index contributed by atoms with van der Waals surface area (Å²) in [6, 6.07) is 21.8. The van der Waals surface area contributed by atoms with E-state index < -0.39 is 0 Å². The van der Waals surface area contributed by atoms with E-state index in [1.54, 1.807) is 0 Å². The van der Waals surface area contributed by atoms with Gasteiger partial charge in [0.1, 0.15) is 12.8 Å². The van der Waals surface area contributed by atoms with Crippen LogP contribution in [0.4, 0.5) is 0 Å². The van der Waals surface area contributed by atoms with Crippen LogP contribution in [0, 0.1) is 11.3 Å². The smallest absolute Gasteiger partial charge is 0.116 e. The fraction of sp³-hybridized carbons (Fsp3) is 0.370. The first-order valence-electron chi connectivity index (χ1n) is 10.5. The minimum atomic E-state index is 0.0134. The van der Waals surface area contributed by atoms with Gasteiger partial charge in [-0.2, -0.15) is 0 Å². The molecule has 1 saturated carbocycles. The average molecular weight is 388 g/mol. The van der Waals surface area contributed by atoms with Crippen LogP contribution in [0.3, 0.4) is 0 Å². The highest BCUT2D eigenvalue weighted by molar-refractivity contribution is 5.85. The van der Waals surface area contributed by atoms with Crippen molar-refractivity contribution in [2.75, 3.05) is 27.4 Å². The summed E-state index contributed by atoms with van der Waals surface area (Å²) in [6.45, 7) is 3.76. The van der Waals surface area contributed by atoms with Crippen LogP contribution in [0.2, 0.25) is 0 Å². The van der Waals surface area contributed by atoms with E-state index in [1.165, 1.54) is 39.3 Å². The summed E-state index contributed by atoms with van der Waals surface area (Å²) in [6.07, 6.45) is 4.10. The number of hydrogen-bond acceptors (Lipinski definition) is 2. The number of allylic oxidation sites excluding steroid dienone is 4. The van der Waals surface area contributed by atoms with Crippen LogP contribution in [0.1, 0.15) is 43.7 Å². The Morgan fingerprint density at radius 1 is 0.690 bits per heavy atom. The van der Waals surface area contributed by atoms with E-state index in [1.807, 2.05) is 14.2 Å². The zero-order chi connectivity index (χ0) is 20.3. The molecule has 29 heavy (non-hydrogen) atoms. The Morgan fingerprint density at radius 2 is 1.10 bits per heavy atom. The van der Waals surface area contributed by atoms with Crippen LogP contribution in [0.15, 0.2) is 71.8 Å². The number of benzene rings is 2. The molecule has 2 nitrogen and oxygen atoms in total. The van der Waals surface area contributed by atoms with Gasteiger partial charge >= 0.3 is 0 Å². The standard InChI is InChI=1S/C27H31O2/c1-20-14-23(21-10-6-4-7-11-21)25-16-27(18-28-2,19-29-3)17-26(25)24(15-20)22-12-8-5-9-13-22/h4-13H,14-19H2,1-3H3/q+1. The summed E-state index contributed by atoms with van der Waals surface area (Å²) >= 11 is 0. The Hall–Kier alpha value is -2.29. The van der Waals surface area contributed by atoms with Crippen LogP contribution >= 0.6 is 0 Å². The van der Waals surface area contributed by atoms with Crippen molar-refractivity contribution in [3.8, 4) is 0 Å². The SMILES string of the molecule is COCC1(COC)CC2=C(c3ccccc3)C[C+](C)CC(c3ccccc3)=C2C1. The van der Waals surface area contributed by atoms with Gasteiger partial charge in [-0.05, 0) is 35.1 Å². The van der Waals surface area contributed by atoms with Crippen LogP contribution in [0.25, 0.3) is 11.1 Å². The average Bonchev–Trinajstić information content (AvgIpc) is 3.04. The van der Waals surface area contributed by atoms with Crippen LogP contribution in [-0.2, 0) is 9.47 Å². The van der Waals surface area contributed by atoms with E-state index in [0.29, 0.717) is 0 Å². The van der Waals surface area contributed by atoms with Gasteiger partial charge < -0.3 is 9.47 Å². The molecule has 2 aliphatic rings. The fourth-order valence-electron chi connectivity index (χ4n) is 5.17. The van der Waals surface area contributed by atoms with Gasteiger partial charge in [-0.15, -0.1) is 0 Å². The molecular formula is C27H31O2+. The zero-order valence-electron chi connectivity index (χ0n) is 17.8. The highest BCUT2D eigenvalue weighted by Crippen LogP contribution is 2.54. The monoisotopic (exact) mass is 387 g/mol. The molecule has 1 fully saturated rings. The van der Waals surface area contributed by atoms with E-state index >= 15 is 0 Å². The molecular weight excluding hydrogens is 356 g/mol. The topological polar surface area (TPSA) is 18.5 Å². The molecule has 0 unspecified atom stereocenters. The molecule has 4 rings (SSSR count). The molecule has 0 heterocycles. The Balaban J connectivity index is 1.92. The summed E-state index contributed by atoms with van der Waals surface area (Å²) in [4.78, 5) is 0. The number of rotatable bonds is 6. The van der Waals surface area contributed by atoms with Gasteiger partial charge in [0.2, 0.25) is 0 Å². The molecule has 0 saturated heterocycles. The minimum Gasteiger partial charge on any atom is -0.384 e. The van der Waals surface area contributed by atoms with Crippen LogP contribution < -0.4 is 0 Å². The molecule has 0 aliphatic heterocycles. The first kappa shape index (κ1) is 20.0. The van der Waals surface area contributed by atoms with Crippen molar-refractivity contribution in [2.24, 2.45) is 5.41 Å². The quantitative estimate of drug-likeness (QED) is 0.537. The normalized spacial score (nSPS) is 18.8. The lowest BCUT2D eigenvalue weighted by Crippen LogP contribution is -2.28. The summed E-state index contributed by atoms with van der Waals surface area (Å²) in [5, 5.41) is 0. The van der Waals surface area contributed by atoms with E-state index in [2.05, 4.69) is 67.6 Å². The molecule has 2 aromatic rings. The second kappa shape index (κ2) is 8.61. The van der Waals surface area contributed by atoms with Crippen molar-refractivity contribution in [3.05, 3.63) is 88.9 Å². The third-order valence-corrected chi connectivity index (χ3v) is 6.30. The molecule has 0 bridgehead atoms. The van der Waals surface area contributed by atoms with Gasteiger partial charge in [-0.1, -0.05) is 60.7 Å². The lowest BCUT2D eigenvalue weighted by Gasteiger charge is -2.27. The molecule has 0 aromatic heterocycles. The highest BCUT2D eigenvalue weighted by Gasteiger charge is 2.44. The third-order valence-electron chi connectivity index (χ3n) is 6.30. The van der Waals surface area contributed by atoms with E-state index in [0.717, 1.165) is 38.9 Å². The molecule has 0 radical (unpaired) electrons. The number of methoxy groups -OCH3 is 2. The maximum atomic E-state index is 5.69. The number of ether oxygens (including phenoxy) is 2. The van der Waals surface area contributed by atoms with Gasteiger partial charge in [0.05, 0.1) is 26.1 Å². The maximum Gasteiger partial charge on any atom is 0.116 e. The second-order valence-electron chi connectivity index (χ2n) is 8.68. The lowest BCUT2D eigenvalue weighted by atomic mass is 9.84. The molecule has 0 spiro atoms. The first-order chi connectivity index (χ1) is 14.2. The van der Waals surface area contributed by atoms with E-state index in [4.69, 9.17) is 9.47 Å². The third kappa shape index (κ3) is 4.05. The number of fused-ring (bicyclic) bond motifs is 1. The Kier molecular flexibility index (Phi) is 5.94. The van der Waals surface area contributed by atoms with Gasteiger partial charge in [0, 0.05) is 30.8 Å². The van der Waals surface area contributed by atoms with Crippen molar-refractivity contribution in [2.45, 2.75) is 32.6 Å². The van der Waals surface area contributed by atoms with Gasteiger partial charge in [0.25, 0.3) is 0 Å². The maximum absolute atomic E-state index is 5.69. The summed E-state index contributed by atoms with van der Waals surface area (Å²) in [5.41, 5.74) is 8.70. The molecule has 0 atom stereocenters. The van der Waals surface area contributed by atoms with E-state index in [9.17, 15) is 0 Å². The van der Waals surface area contributed by atoms with Crippen molar-refractivity contribution in [3.63, 3.8) is 0 Å². The van der Waals surface area contributed by atoms with Crippen molar-refractivity contribution < 1.29 is 9.47 Å². The van der Waals surface area contributed by atoms with Crippen molar-refractivity contribution in [1.29, 1.82) is 0 Å². The molecule has 2 heteroatoms. The Morgan fingerprint density at radius 3 is 1.48 bits per heavy atom. The summed E-state index contributed by atoms with van der Waals surface area (Å²) in [7, 11) is 3.62. The molecule has 2 aromatic carbocycles. The van der Waals surface area contributed by atoms with Gasteiger partial charge in [0.15, 0.2) is 0 Å². The Bertz CT molecular complexity index is 817. The zero-order valence-corrected chi connectivity index (χ0v) is 17.8. The molecule has 150 valence electrons. The van der Waals surface area contributed by atoms with Crippen molar-refractivity contribution >= 4 is 11.1 Å². The minimum absolute atomic E-state index is 0.0134. The molecule has 2 aliphatic carbocycles. The summed E-state index contributed by atoms with van der Waals surface area (Å²) in [5.74, 6) is 1.53. The second-order valence-corrected chi connectivity index (χ2v) is 8.68. The van der Waals surface area contributed by atoms with E-state index in [-0.39, 0.29) is 5.41 Å². The van der Waals surface area contributed by atoms with Gasteiger partial charge in [-0.25, -0.2) is 0 Å². The lowest BCUT2D eigenvalue weighted by molar-refractivity contribution is 0.0190. The van der Waals surface area contributed by atoms with Gasteiger partial charge in [-0.3, -0.25) is 0 Å². The predicted octanol–water partition coefficient (Wildman–Crippen LogP) is 6.36. The Labute approximate surface area is 175 Å². The van der Waals surface area contributed by atoms with Crippen LogP contribution in [-0.4, -0.2) is 27.4 Å². The van der Waals surface area contributed by atoms with Crippen molar-refractivity contribution in [1.82, 2.24) is 0 Å². The predicted molar refractivity (Wildman–Crippen MR) is 120 cm³/mol. The molecule has 0 N–H and O–H groups in total. The first-order valence-corrected chi connectivity index (χ1v) is 10.5. The largest absolute Gasteiger partial charge is 0.384 e. The fourth-order valence-corrected chi connectivity index (χ4v) is 5.17. The summed E-state index contributed by atoms with van der Waals surface area (Å²) < 4.78 is 11.4. The highest BCUT2D eigenvalue weighted by atomic mass is 16.5.